The van der Waals surface area contributed by atoms with Crippen molar-refractivity contribution >= 4 is 11.9 Å². The van der Waals surface area contributed by atoms with Gasteiger partial charge in [-0.3, -0.25) is 4.79 Å². The number of carboxylic acid groups (broad SMARTS) is 1. The lowest BCUT2D eigenvalue weighted by atomic mass is 10.1. The predicted octanol–water partition coefficient (Wildman–Crippen LogP) is -1.79. The van der Waals surface area contributed by atoms with Crippen molar-refractivity contribution in [2.45, 2.75) is 19.4 Å². The number of H-pyrrole nitrogens is 1. The molecule has 0 fully saturated rings. The van der Waals surface area contributed by atoms with E-state index in [0.29, 0.717) is 5.69 Å². The van der Waals surface area contributed by atoms with Crippen molar-refractivity contribution < 1.29 is 14.7 Å². The first-order chi connectivity index (χ1) is 6.59. The average Bonchev–Trinajstić information content (AvgIpc) is 2.54. The van der Waals surface area contributed by atoms with Crippen LogP contribution in [0.15, 0.2) is 12.5 Å². The largest absolute Gasteiger partial charge is 0.548 e. The molecule has 1 heterocycles. The maximum absolute atomic E-state index is 10.7. The highest BCUT2D eigenvalue weighted by molar-refractivity contribution is 5.81. The molecule has 76 valence electrons. The molecule has 1 aromatic heterocycles. The molecular formula is C8H10N3O3-. The van der Waals surface area contributed by atoms with Crippen LogP contribution in [0.4, 0.5) is 0 Å². The second-order valence-corrected chi connectivity index (χ2v) is 2.85. The first kappa shape index (κ1) is 10.2. The summed E-state index contributed by atoms with van der Waals surface area (Å²) < 4.78 is 0. The van der Waals surface area contributed by atoms with Gasteiger partial charge in [-0.05, 0) is 0 Å². The number of carboxylic acids is 1. The summed E-state index contributed by atoms with van der Waals surface area (Å²) in [5.74, 6) is -1.71. The van der Waals surface area contributed by atoms with Crippen LogP contribution in [-0.2, 0) is 16.0 Å². The van der Waals surface area contributed by atoms with Gasteiger partial charge in [0.2, 0.25) is 5.91 Å². The number of carbonyl (C=O) groups excluding carboxylic acids is 2. The molecule has 14 heavy (non-hydrogen) atoms. The SMILES string of the molecule is CC(=O)NC(Cc1cnc[nH]1)C(=O)[O-]. The van der Waals surface area contributed by atoms with Gasteiger partial charge in [-0.25, -0.2) is 4.98 Å². The Kier molecular flexibility index (Phi) is 3.22. The Hall–Kier alpha value is -1.85. The quantitative estimate of drug-likeness (QED) is 0.594. The van der Waals surface area contributed by atoms with Gasteiger partial charge in [0, 0.05) is 25.2 Å². The number of aromatic nitrogens is 2. The van der Waals surface area contributed by atoms with Crippen molar-refractivity contribution in [3.05, 3.63) is 18.2 Å². The van der Waals surface area contributed by atoms with E-state index in [4.69, 9.17) is 0 Å². The average molecular weight is 196 g/mol. The van der Waals surface area contributed by atoms with Gasteiger partial charge in [-0.15, -0.1) is 0 Å². The molecule has 2 N–H and O–H groups in total. The maximum atomic E-state index is 10.7. The molecule has 0 radical (unpaired) electrons. The van der Waals surface area contributed by atoms with Crippen molar-refractivity contribution in [1.82, 2.24) is 15.3 Å². The van der Waals surface area contributed by atoms with E-state index < -0.39 is 17.9 Å². The molecule has 0 bridgehead atoms. The number of aliphatic carboxylic acids is 1. The van der Waals surface area contributed by atoms with Gasteiger partial charge in [0.25, 0.3) is 0 Å². The van der Waals surface area contributed by atoms with E-state index in [1.54, 1.807) is 0 Å². The van der Waals surface area contributed by atoms with Crippen LogP contribution in [0.1, 0.15) is 12.6 Å². The minimum absolute atomic E-state index is 0.141. The fourth-order valence-electron chi connectivity index (χ4n) is 1.05. The van der Waals surface area contributed by atoms with Crippen LogP contribution in [0.2, 0.25) is 0 Å². The van der Waals surface area contributed by atoms with Crippen molar-refractivity contribution in [2.24, 2.45) is 0 Å². The number of nitrogens with one attached hydrogen (secondary N) is 2. The lowest BCUT2D eigenvalue weighted by molar-refractivity contribution is -0.308. The number of hydrogen-bond acceptors (Lipinski definition) is 4. The molecule has 0 aliphatic rings. The Bertz CT molecular complexity index is 321. The molecule has 1 amide bonds. The summed E-state index contributed by atoms with van der Waals surface area (Å²) in [6.07, 6.45) is 3.08. The summed E-state index contributed by atoms with van der Waals surface area (Å²) in [5.41, 5.74) is 0.632. The zero-order valence-corrected chi connectivity index (χ0v) is 7.61. The lowest BCUT2D eigenvalue weighted by Crippen LogP contribution is -2.48. The molecule has 0 spiro atoms. The Balaban J connectivity index is 2.60. The normalized spacial score (nSPS) is 12.1. The second kappa shape index (κ2) is 4.40. The van der Waals surface area contributed by atoms with E-state index in [1.165, 1.54) is 19.4 Å². The number of imidazole rings is 1. The predicted molar refractivity (Wildman–Crippen MR) is 44.9 cm³/mol. The van der Waals surface area contributed by atoms with Crippen molar-refractivity contribution in [2.75, 3.05) is 0 Å². The van der Waals surface area contributed by atoms with Crippen LogP contribution in [-0.4, -0.2) is 27.9 Å². The van der Waals surface area contributed by atoms with E-state index in [1.807, 2.05) is 0 Å². The van der Waals surface area contributed by atoms with Gasteiger partial charge in [-0.1, -0.05) is 0 Å². The molecule has 0 saturated carbocycles. The third-order valence-corrected chi connectivity index (χ3v) is 1.64. The number of nitrogens with zero attached hydrogens (tertiary/aromatic N) is 1. The first-order valence-corrected chi connectivity index (χ1v) is 4.05. The molecule has 1 rings (SSSR count). The van der Waals surface area contributed by atoms with Gasteiger partial charge in [0.1, 0.15) is 0 Å². The van der Waals surface area contributed by atoms with Gasteiger partial charge < -0.3 is 20.2 Å². The summed E-state index contributed by atoms with van der Waals surface area (Å²) in [6, 6.07) is -1.02. The topological polar surface area (TPSA) is 97.9 Å². The summed E-state index contributed by atoms with van der Waals surface area (Å²) in [4.78, 5) is 27.7. The molecule has 6 nitrogen and oxygen atoms in total. The van der Waals surface area contributed by atoms with Crippen LogP contribution in [0.3, 0.4) is 0 Å². The summed E-state index contributed by atoms with van der Waals surface area (Å²) >= 11 is 0. The fourth-order valence-corrected chi connectivity index (χ4v) is 1.05. The molecule has 1 unspecified atom stereocenters. The molecule has 1 atom stereocenters. The number of aromatic amines is 1. The first-order valence-electron chi connectivity index (χ1n) is 4.05. The smallest absolute Gasteiger partial charge is 0.217 e. The Morgan fingerprint density at radius 3 is 2.86 bits per heavy atom. The van der Waals surface area contributed by atoms with E-state index in [2.05, 4.69) is 15.3 Å². The summed E-state index contributed by atoms with van der Waals surface area (Å²) in [6.45, 7) is 1.25. The molecule has 6 heteroatoms. The molecule has 0 saturated heterocycles. The standard InChI is InChI=1S/C8H11N3O3/c1-5(12)11-7(8(13)14)2-6-3-9-4-10-6/h3-4,7H,2H2,1H3,(H,9,10)(H,11,12)(H,13,14)/p-1. The van der Waals surface area contributed by atoms with Crippen LogP contribution in [0.25, 0.3) is 0 Å². The highest BCUT2D eigenvalue weighted by Gasteiger charge is 2.12. The van der Waals surface area contributed by atoms with Crippen LogP contribution >= 0.6 is 0 Å². The number of hydrogen-bond donors (Lipinski definition) is 2. The van der Waals surface area contributed by atoms with Crippen molar-refractivity contribution in [3.8, 4) is 0 Å². The number of rotatable bonds is 4. The summed E-state index contributed by atoms with van der Waals surface area (Å²) in [5, 5.41) is 12.9. The van der Waals surface area contributed by atoms with Gasteiger partial charge in [-0.2, -0.15) is 0 Å². The minimum Gasteiger partial charge on any atom is -0.548 e. The number of amides is 1. The van der Waals surface area contributed by atoms with E-state index in [-0.39, 0.29) is 6.42 Å². The van der Waals surface area contributed by atoms with Gasteiger partial charge >= 0.3 is 0 Å². The Morgan fingerprint density at radius 1 is 1.71 bits per heavy atom. The van der Waals surface area contributed by atoms with Crippen LogP contribution < -0.4 is 10.4 Å². The highest BCUT2D eigenvalue weighted by atomic mass is 16.4. The summed E-state index contributed by atoms with van der Waals surface area (Å²) in [7, 11) is 0. The highest BCUT2D eigenvalue weighted by Crippen LogP contribution is 1.97. The zero-order chi connectivity index (χ0) is 10.6. The zero-order valence-electron chi connectivity index (χ0n) is 7.61. The van der Waals surface area contributed by atoms with Gasteiger partial charge in [0.15, 0.2) is 0 Å². The molecular weight excluding hydrogens is 186 g/mol. The van der Waals surface area contributed by atoms with Crippen molar-refractivity contribution in [3.63, 3.8) is 0 Å². The van der Waals surface area contributed by atoms with E-state index in [9.17, 15) is 14.7 Å². The lowest BCUT2D eigenvalue weighted by Gasteiger charge is -2.17. The van der Waals surface area contributed by atoms with E-state index >= 15 is 0 Å². The third-order valence-electron chi connectivity index (χ3n) is 1.64. The van der Waals surface area contributed by atoms with Gasteiger partial charge in [0.05, 0.1) is 18.3 Å². The monoisotopic (exact) mass is 196 g/mol. The second-order valence-electron chi connectivity index (χ2n) is 2.85. The minimum atomic E-state index is -1.31. The third kappa shape index (κ3) is 2.89. The Morgan fingerprint density at radius 2 is 2.43 bits per heavy atom. The van der Waals surface area contributed by atoms with E-state index in [0.717, 1.165) is 0 Å². The molecule has 0 aliphatic carbocycles. The van der Waals surface area contributed by atoms with Crippen LogP contribution in [0, 0.1) is 0 Å². The molecule has 0 aliphatic heterocycles. The fraction of sp³-hybridized carbons (Fsp3) is 0.375. The van der Waals surface area contributed by atoms with Crippen molar-refractivity contribution in [1.29, 1.82) is 0 Å². The maximum Gasteiger partial charge on any atom is 0.217 e. The van der Waals surface area contributed by atoms with Crippen LogP contribution in [0.5, 0.6) is 0 Å². The molecule has 0 aromatic carbocycles. The molecule has 1 aromatic rings. The Labute approximate surface area is 80.4 Å². The number of carbonyl (C=O) groups is 2.